The SMILES string of the molecule is CCOC(=O)c1ccc(NC(=O)C2CCCN(S(=O)(=O)c3ccccc3)C2)c(C)c1. The molecule has 0 radical (unpaired) electrons. The molecule has 1 heterocycles. The molecule has 2 aromatic carbocycles. The van der Waals surface area contributed by atoms with Crippen molar-refractivity contribution in [2.24, 2.45) is 5.92 Å². The van der Waals surface area contributed by atoms with Crippen molar-refractivity contribution >= 4 is 27.6 Å². The van der Waals surface area contributed by atoms with Crippen molar-refractivity contribution in [1.82, 2.24) is 4.31 Å². The first-order chi connectivity index (χ1) is 14.3. The van der Waals surface area contributed by atoms with Crippen LogP contribution >= 0.6 is 0 Å². The molecule has 1 N–H and O–H groups in total. The molecule has 1 saturated heterocycles. The number of nitrogens with zero attached hydrogens (tertiary/aromatic N) is 1. The largest absolute Gasteiger partial charge is 0.462 e. The van der Waals surface area contributed by atoms with Crippen LogP contribution in [0.5, 0.6) is 0 Å². The summed E-state index contributed by atoms with van der Waals surface area (Å²) in [6, 6.07) is 13.2. The Bertz CT molecular complexity index is 1020. The minimum atomic E-state index is -3.63. The lowest BCUT2D eigenvalue weighted by molar-refractivity contribution is -0.120. The molecule has 0 saturated carbocycles. The fraction of sp³-hybridized carbons (Fsp3) is 0.364. The maximum atomic E-state index is 12.9. The zero-order valence-corrected chi connectivity index (χ0v) is 17.9. The number of benzene rings is 2. The average Bonchev–Trinajstić information content (AvgIpc) is 2.76. The van der Waals surface area contributed by atoms with Gasteiger partial charge in [-0.3, -0.25) is 4.79 Å². The van der Waals surface area contributed by atoms with Crippen LogP contribution in [0.15, 0.2) is 53.4 Å². The number of aryl methyl sites for hydroxylation is 1. The Balaban J connectivity index is 1.69. The van der Waals surface area contributed by atoms with Crippen molar-refractivity contribution in [2.75, 3.05) is 25.0 Å². The molecule has 8 heteroatoms. The van der Waals surface area contributed by atoms with Crippen molar-refractivity contribution in [3.8, 4) is 0 Å². The standard InChI is InChI=1S/C22H26N2O5S/c1-3-29-22(26)17-11-12-20(16(2)14-17)23-21(25)18-8-7-13-24(15-18)30(27,28)19-9-5-4-6-10-19/h4-6,9-12,14,18H,3,7-8,13,15H2,1-2H3,(H,23,25). The van der Waals surface area contributed by atoms with Gasteiger partial charge < -0.3 is 10.1 Å². The van der Waals surface area contributed by atoms with Crippen molar-refractivity contribution in [3.05, 3.63) is 59.7 Å². The minimum Gasteiger partial charge on any atom is -0.462 e. The molecule has 30 heavy (non-hydrogen) atoms. The first kappa shape index (κ1) is 22.0. The molecule has 160 valence electrons. The Labute approximate surface area is 177 Å². The fourth-order valence-electron chi connectivity index (χ4n) is 3.50. The highest BCUT2D eigenvalue weighted by molar-refractivity contribution is 7.89. The molecule has 1 atom stereocenters. The normalized spacial score (nSPS) is 17.3. The van der Waals surface area contributed by atoms with E-state index in [2.05, 4.69) is 5.32 Å². The topological polar surface area (TPSA) is 92.8 Å². The smallest absolute Gasteiger partial charge is 0.338 e. The van der Waals surface area contributed by atoms with Gasteiger partial charge in [-0.1, -0.05) is 18.2 Å². The zero-order chi connectivity index (χ0) is 21.7. The van der Waals surface area contributed by atoms with Crippen LogP contribution < -0.4 is 5.32 Å². The molecule has 3 rings (SSSR count). The highest BCUT2D eigenvalue weighted by atomic mass is 32.2. The van der Waals surface area contributed by atoms with E-state index in [-0.39, 0.29) is 17.3 Å². The maximum Gasteiger partial charge on any atom is 0.338 e. The van der Waals surface area contributed by atoms with Crippen LogP contribution in [0.25, 0.3) is 0 Å². The van der Waals surface area contributed by atoms with Crippen LogP contribution in [-0.4, -0.2) is 44.3 Å². The number of piperidine rings is 1. The molecule has 1 aliphatic heterocycles. The van der Waals surface area contributed by atoms with E-state index < -0.39 is 21.9 Å². The second-order valence-corrected chi connectivity index (χ2v) is 9.19. The number of amides is 1. The lowest BCUT2D eigenvalue weighted by Crippen LogP contribution is -2.43. The van der Waals surface area contributed by atoms with Crippen LogP contribution in [0, 0.1) is 12.8 Å². The van der Waals surface area contributed by atoms with E-state index in [0.29, 0.717) is 37.2 Å². The number of carbonyl (C=O) groups excluding carboxylic acids is 2. The number of hydrogen-bond donors (Lipinski definition) is 1. The molecular formula is C22H26N2O5S. The van der Waals surface area contributed by atoms with E-state index >= 15 is 0 Å². The first-order valence-electron chi connectivity index (χ1n) is 9.96. The molecule has 1 amide bonds. The first-order valence-corrected chi connectivity index (χ1v) is 11.4. The second-order valence-electron chi connectivity index (χ2n) is 7.25. The van der Waals surface area contributed by atoms with Gasteiger partial charge in [-0.2, -0.15) is 4.31 Å². The van der Waals surface area contributed by atoms with Gasteiger partial charge >= 0.3 is 5.97 Å². The number of carbonyl (C=O) groups is 2. The van der Waals surface area contributed by atoms with E-state index in [1.807, 2.05) is 0 Å². The predicted octanol–water partition coefficient (Wildman–Crippen LogP) is 3.21. The summed E-state index contributed by atoms with van der Waals surface area (Å²) in [5, 5.41) is 2.88. The van der Waals surface area contributed by atoms with Gasteiger partial charge in [-0.25, -0.2) is 13.2 Å². The molecule has 0 spiro atoms. The van der Waals surface area contributed by atoms with E-state index in [1.165, 1.54) is 4.31 Å². The molecule has 2 aromatic rings. The summed E-state index contributed by atoms with van der Waals surface area (Å²) in [5.41, 5.74) is 1.75. The molecular weight excluding hydrogens is 404 g/mol. The van der Waals surface area contributed by atoms with E-state index in [1.54, 1.807) is 62.4 Å². The Morgan fingerprint density at radius 3 is 2.57 bits per heavy atom. The summed E-state index contributed by atoms with van der Waals surface area (Å²) in [5.74, 6) is -1.08. The van der Waals surface area contributed by atoms with Gasteiger partial charge in [-0.05, 0) is 62.6 Å². The molecule has 1 unspecified atom stereocenters. The van der Waals surface area contributed by atoms with Gasteiger partial charge in [-0.15, -0.1) is 0 Å². The molecule has 0 bridgehead atoms. The monoisotopic (exact) mass is 430 g/mol. The third kappa shape index (κ3) is 4.88. The average molecular weight is 431 g/mol. The molecule has 0 aromatic heterocycles. The van der Waals surface area contributed by atoms with Gasteiger partial charge in [0.05, 0.1) is 23.0 Å². The Hall–Kier alpha value is -2.71. The Morgan fingerprint density at radius 1 is 1.17 bits per heavy atom. The number of rotatable bonds is 6. The van der Waals surface area contributed by atoms with Crippen molar-refractivity contribution in [3.63, 3.8) is 0 Å². The summed E-state index contributed by atoms with van der Waals surface area (Å²) in [4.78, 5) is 24.9. The van der Waals surface area contributed by atoms with Crippen LogP contribution in [0.2, 0.25) is 0 Å². The van der Waals surface area contributed by atoms with Crippen LogP contribution in [0.3, 0.4) is 0 Å². The highest BCUT2D eigenvalue weighted by Crippen LogP contribution is 2.25. The lowest BCUT2D eigenvalue weighted by atomic mass is 9.98. The summed E-state index contributed by atoms with van der Waals surface area (Å²) >= 11 is 0. The molecule has 1 aliphatic rings. The van der Waals surface area contributed by atoms with E-state index in [4.69, 9.17) is 4.74 Å². The van der Waals surface area contributed by atoms with Crippen LogP contribution in [0.1, 0.15) is 35.7 Å². The van der Waals surface area contributed by atoms with E-state index in [9.17, 15) is 18.0 Å². The minimum absolute atomic E-state index is 0.142. The number of hydrogen-bond acceptors (Lipinski definition) is 5. The zero-order valence-electron chi connectivity index (χ0n) is 17.1. The van der Waals surface area contributed by atoms with Gasteiger partial charge in [0.25, 0.3) is 0 Å². The van der Waals surface area contributed by atoms with Crippen molar-refractivity contribution < 1.29 is 22.7 Å². The van der Waals surface area contributed by atoms with Crippen LogP contribution in [-0.2, 0) is 19.6 Å². The number of esters is 1. The fourth-order valence-corrected chi connectivity index (χ4v) is 5.04. The molecule has 0 aliphatic carbocycles. The Morgan fingerprint density at radius 2 is 1.90 bits per heavy atom. The third-order valence-electron chi connectivity index (χ3n) is 5.13. The van der Waals surface area contributed by atoms with Gasteiger partial charge in [0.2, 0.25) is 15.9 Å². The lowest BCUT2D eigenvalue weighted by Gasteiger charge is -2.31. The summed E-state index contributed by atoms with van der Waals surface area (Å²) in [7, 11) is -3.63. The molecule has 1 fully saturated rings. The Kier molecular flexibility index (Phi) is 6.89. The van der Waals surface area contributed by atoms with Crippen molar-refractivity contribution in [1.29, 1.82) is 0 Å². The van der Waals surface area contributed by atoms with Gasteiger partial charge in [0.1, 0.15) is 0 Å². The van der Waals surface area contributed by atoms with Gasteiger partial charge in [0, 0.05) is 18.8 Å². The third-order valence-corrected chi connectivity index (χ3v) is 7.01. The summed E-state index contributed by atoms with van der Waals surface area (Å²) in [6.45, 7) is 4.37. The highest BCUT2D eigenvalue weighted by Gasteiger charge is 2.33. The quantitative estimate of drug-likeness (QED) is 0.711. The number of sulfonamides is 1. The summed E-state index contributed by atoms with van der Waals surface area (Å²) < 4.78 is 32.1. The maximum absolute atomic E-state index is 12.9. The number of anilines is 1. The number of nitrogens with one attached hydrogen (secondary N) is 1. The second kappa shape index (κ2) is 9.40. The van der Waals surface area contributed by atoms with E-state index in [0.717, 1.165) is 5.56 Å². The number of ether oxygens (including phenoxy) is 1. The predicted molar refractivity (Wildman–Crippen MR) is 114 cm³/mol. The molecule has 7 nitrogen and oxygen atoms in total. The summed E-state index contributed by atoms with van der Waals surface area (Å²) in [6.07, 6.45) is 1.23. The van der Waals surface area contributed by atoms with Crippen molar-refractivity contribution in [2.45, 2.75) is 31.6 Å². The van der Waals surface area contributed by atoms with Crippen LogP contribution in [0.4, 0.5) is 5.69 Å². The van der Waals surface area contributed by atoms with Gasteiger partial charge in [0.15, 0.2) is 0 Å².